The largest absolute Gasteiger partial charge is 0.147 e. The molecule has 0 radical (unpaired) electrons. The van der Waals surface area contributed by atoms with E-state index < -0.39 is 0 Å². The summed E-state index contributed by atoms with van der Waals surface area (Å²) >= 11 is 8.68. The Bertz CT molecular complexity index is 484. The van der Waals surface area contributed by atoms with Crippen LogP contribution in [0.3, 0.4) is 0 Å². The van der Waals surface area contributed by atoms with Crippen molar-refractivity contribution in [3.05, 3.63) is 33.7 Å². The quantitative estimate of drug-likeness (QED) is 0.733. The van der Waals surface area contributed by atoms with Crippen LogP contribution in [0.1, 0.15) is 23.2 Å². The molecule has 1 aromatic heterocycles. The van der Waals surface area contributed by atoms with Crippen molar-refractivity contribution in [2.45, 2.75) is 18.2 Å². The maximum Gasteiger partial charge on any atom is 0.147 e. The number of halogens is 2. The van der Waals surface area contributed by atoms with Crippen LogP contribution in [0.2, 0.25) is 0 Å². The zero-order valence-electron chi connectivity index (χ0n) is 8.65. The first-order valence-electron chi connectivity index (χ1n) is 4.94. The summed E-state index contributed by atoms with van der Waals surface area (Å²) in [6, 6.07) is 8.11. The third kappa shape index (κ3) is 2.70. The molecule has 1 atom stereocenters. The van der Waals surface area contributed by atoms with Crippen molar-refractivity contribution in [3.63, 3.8) is 0 Å². The molecule has 0 aliphatic heterocycles. The summed E-state index contributed by atoms with van der Waals surface area (Å²) < 4.78 is 1.06. The van der Waals surface area contributed by atoms with Crippen molar-refractivity contribution in [3.8, 4) is 10.6 Å². The maximum absolute atomic E-state index is 4.21. The molecule has 0 fully saturated rings. The zero-order chi connectivity index (χ0) is 11.5. The van der Waals surface area contributed by atoms with Crippen molar-refractivity contribution in [1.82, 2.24) is 10.2 Å². The third-order valence-electron chi connectivity index (χ3n) is 2.14. The van der Waals surface area contributed by atoms with E-state index in [9.17, 15) is 0 Å². The molecule has 16 heavy (non-hydrogen) atoms. The van der Waals surface area contributed by atoms with E-state index in [0.29, 0.717) is 4.83 Å². The van der Waals surface area contributed by atoms with E-state index in [1.165, 1.54) is 0 Å². The minimum atomic E-state index is 0.311. The maximum atomic E-state index is 4.21. The van der Waals surface area contributed by atoms with Crippen LogP contribution in [0.5, 0.6) is 0 Å². The molecule has 0 bridgehead atoms. The monoisotopic (exact) mass is 360 g/mol. The van der Waals surface area contributed by atoms with Crippen LogP contribution >= 0.6 is 43.2 Å². The molecule has 0 spiro atoms. The average molecular weight is 362 g/mol. The van der Waals surface area contributed by atoms with E-state index >= 15 is 0 Å². The number of hydrogen-bond acceptors (Lipinski definition) is 3. The Morgan fingerprint density at radius 2 is 2.19 bits per heavy atom. The van der Waals surface area contributed by atoms with Gasteiger partial charge in [0.2, 0.25) is 0 Å². The second kappa shape index (κ2) is 5.38. The molecule has 0 aliphatic rings. The Balaban J connectivity index is 2.31. The van der Waals surface area contributed by atoms with Gasteiger partial charge >= 0.3 is 0 Å². The highest BCUT2D eigenvalue weighted by molar-refractivity contribution is 9.10. The van der Waals surface area contributed by atoms with Crippen molar-refractivity contribution in [2.24, 2.45) is 0 Å². The third-order valence-corrected chi connectivity index (χ3v) is 5.10. The van der Waals surface area contributed by atoms with Gasteiger partial charge in [0.25, 0.3) is 0 Å². The Morgan fingerprint density at radius 3 is 2.88 bits per heavy atom. The Labute approximate surface area is 115 Å². The van der Waals surface area contributed by atoms with E-state index in [0.717, 1.165) is 26.5 Å². The number of alkyl halides is 1. The molecule has 5 heteroatoms. The summed E-state index contributed by atoms with van der Waals surface area (Å²) in [7, 11) is 0. The fraction of sp³-hybridized carbons (Fsp3) is 0.273. The van der Waals surface area contributed by atoms with Gasteiger partial charge in [0.15, 0.2) is 0 Å². The second-order valence-electron chi connectivity index (χ2n) is 3.33. The Hall–Kier alpha value is -0.260. The summed E-state index contributed by atoms with van der Waals surface area (Å²) in [4.78, 5) is 0.311. The first-order valence-corrected chi connectivity index (χ1v) is 7.46. The first kappa shape index (κ1) is 12.2. The molecule has 1 aromatic carbocycles. The van der Waals surface area contributed by atoms with Crippen LogP contribution in [-0.2, 0) is 0 Å². The number of nitrogens with zero attached hydrogens (tertiary/aromatic N) is 2. The van der Waals surface area contributed by atoms with Gasteiger partial charge in [0.05, 0.1) is 4.83 Å². The van der Waals surface area contributed by atoms with Crippen molar-refractivity contribution >= 4 is 43.2 Å². The summed E-state index contributed by atoms with van der Waals surface area (Å²) in [6.07, 6.45) is 1.02. The smallest absolute Gasteiger partial charge is 0.142 e. The van der Waals surface area contributed by atoms with Gasteiger partial charge in [0, 0.05) is 10.0 Å². The number of aromatic nitrogens is 2. The molecule has 0 saturated heterocycles. The molecule has 0 amide bonds. The predicted molar refractivity (Wildman–Crippen MR) is 75.0 cm³/mol. The van der Waals surface area contributed by atoms with Crippen molar-refractivity contribution < 1.29 is 0 Å². The molecule has 2 aromatic rings. The lowest BCUT2D eigenvalue weighted by atomic mass is 10.2. The van der Waals surface area contributed by atoms with Gasteiger partial charge in [-0.15, -0.1) is 10.2 Å². The summed E-state index contributed by atoms with van der Waals surface area (Å²) in [5.74, 6) is 0. The SMILES string of the molecule is CCC(Br)c1nnc(-c2cccc(Br)c2)s1. The van der Waals surface area contributed by atoms with Crippen LogP contribution < -0.4 is 0 Å². The Kier molecular flexibility index (Phi) is 4.10. The molecule has 0 N–H and O–H groups in total. The summed E-state index contributed by atoms with van der Waals surface area (Å²) in [6.45, 7) is 2.12. The van der Waals surface area contributed by atoms with Crippen LogP contribution in [-0.4, -0.2) is 10.2 Å². The van der Waals surface area contributed by atoms with Gasteiger partial charge in [0.1, 0.15) is 10.0 Å². The molecule has 1 heterocycles. The fourth-order valence-corrected chi connectivity index (χ4v) is 2.95. The molecule has 1 unspecified atom stereocenters. The molecule has 0 aliphatic carbocycles. The van der Waals surface area contributed by atoms with E-state index in [-0.39, 0.29) is 0 Å². The van der Waals surface area contributed by atoms with Crippen LogP contribution in [0.25, 0.3) is 10.6 Å². The first-order chi connectivity index (χ1) is 7.70. The van der Waals surface area contributed by atoms with E-state index in [4.69, 9.17) is 0 Å². The van der Waals surface area contributed by atoms with E-state index in [2.05, 4.69) is 55.0 Å². The minimum Gasteiger partial charge on any atom is -0.142 e. The van der Waals surface area contributed by atoms with Crippen molar-refractivity contribution in [1.29, 1.82) is 0 Å². The van der Waals surface area contributed by atoms with Gasteiger partial charge in [-0.1, -0.05) is 62.3 Å². The van der Waals surface area contributed by atoms with Crippen LogP contribution in [0, 0.1) is 0 Å². The molecule has 2 nitrogen and oxygen atoms in total. The predicted octanol–water partition coefficient (Wildman–Crippen LogP) is 4.81. The van der Waals surface area contributed by atoms with Crippen LogP contribution in [0.4, 0.5) is 0 Å². The van der Waals surface area contributed by atoms with Crippen molar-refractivity contribution in [2.75, 3.05) is 0 Å². The average Bonchev–Trinajstić information content (AvgIpc) is 2.77. The molecule has 84 valence electrons. The minimum absolute atomic E-state index is 0.311. The highest BCUT2D eigenvalue weighted by Gasteiger charge is 2.12. The number of hydrogen-bond donors (Lipinski definition) is 0. The summed E-state index contributed by atoms with van der Waals surface area (Å²) in [5, 5.41) is 10.4. The fourth-order valence-electron chi connectivity index (χ4n) is 1.27. The topological polar surface area (TPSA) is 25.8 Å². The van der Waals surface area contributed by atoms with E-state index in [1.807, 2.05) is 18.2 Å². The lowest BCUT2D eigenvalue weighted by Crippen LogP contribution is -1.84. The van der Waals surface area contributed by atoms with Gasteiger partial charge in [-0.2, -0.15) is 0 Å². The van der Waals surface area contributed by atoms with Gasteiger partial charge in [-0.25, -0.2) is 0 Å². The number of rotatable bonds is 3. The van der Waals surface area contributed by atoms with Gasteiger partial charge < -0.3 is 0 Å². The molecular formula is C11H10Br2N2S. The zero-order valence-corrected chi connectivity index (χ0v) is 12.6. The molecular weight excluding hydrogens is 352 g/mol. The van der Waals surface area contributed by atoms with Gasteiger partial charge in [-0.05, 0) is 18.6 Å². The molecule has 2 rings (SSSR count). The standard InChI is InChI=1S/C11H10Br2N2S/c1-2-9(13)11-15-14-10(16-11)7-4-3-5-8(12)6-7/h3-6,9H,2H2,1H3. The highest BCUT2D eigenvalue weighted by Crippen LogP contribution is 2.33. The van der Waals surface area contributed by atoms with Crippen LogP contribution in [0.15, 0.2) is 28.7 Å². The summed E-state index contributed by atoms with van der Waals surface area (Å²) in [5.41, 5.74) is 1.11. The lowest BCUT2D eigenvalue weighted by Gasteiger charge is -1.98. The Morgan fingerprint density at radius 1 is 1.38 bits per heavy atom. The molecule has 0 saturated carbocycles. The normalized spacial score (nSPS) is 12.7. The number of benzene rings is 1. The van der Waals surface area contributed by atoms with E-state index in [1.54, 1.807) is 11.3 Å². The lowest BCUT2D eigenvalue weighted by molar-refractivity contribution is 0.870. The highest BCUT2D eigenvalue weighted by atomic mass is 79.9. The second-order valence-corrected chi connectivity index (χ2v) is 6.36. The van der Waals surface area contributed by atoms with Gasteiger partial charge in [-0.3, -0.25) is 0 Å².